The number of benzene rings is 2. The van der Waals surface area contributed by atoms with E-state index < -0.39 is 0 Å². The van der Waals surface area contributed by atoms with Crippen molar-refractivity contribution in [1.29, 1.82) is 0 Å². The Labute approximate surface area is 125 Å². The molecule has 0 atom stereocenters. The molecule has 0 radical (unpaired) electrons. The standard InChI is InChI=1S/C15H15BrFNS/c1-2-18-10-11-7-8-12(16)9-15(11)19-14-6-4-3-5-13(14)17/h3-9,18H,2,10H2,1H3. The second-order valence-corrected chi connectivity index (χ2v) is 6.06. The monoisotopic (exact) mass is 339 g/mol. The van der Waals surface area contributed by atoms with Crippen molar-refractivity contribution < 1.29 is 4.39 Å². The molecular formula is C15H15BrFNS. The van der Waals surface area contributed by atoms with Crippen LogP contribution in [0, 0.1) is 5.82 Å². The SMILES string of the molecule is CCNCc1ccc(Br)cc1Sc1ccccc1F. The maximum Gasteiger partial charge on any atom is 0.137 e. The van der Waals surface area contributed by atoms with Crippen LogP contribution in [0.15, 0.2) is 56.7 Å². The molecule has 0 saturated heterocycles. The average Bonchev–Trinajstić information content (AvgIpc) is 2.40. The summed E-state index contributed by atoms with van der Waals surface area (Å²) >= 11 is 4.93. The molecule has 0 unspecified atom stereocenters. The van der Waals surface area contributed by atoms with Crippen LogP contribution in [0.1, 0.15) is 12.5 Å². The van der Waals surface area contributed by atoms with Crippen molar-refractivity contribution in [3.05, 3.63) is 58.3 Å². The molecule has 0 aliphatic rings. The van der Waals surface area contributed by atoms with Crippen molar-refractivity contribution in [3.8, 4) is 0 Å². The number of rotatable bonds is 5. The number of hydrogen-bond donors (Lipinski definition) is 1. The summed E-state index contributed by atoms with van der Waals surface area (Å²) in [4.78, 5) is 1.72. The van der Waals surface area contributed by atoms with Gasteiger partial charge in [-0.25, -0.2) is 4.39 Å². The Morgan fingerprint density at radius 3 is 2.68 bits per heavy atom. The maximum atomic E-state index is 13.7. The van der Waals surface area contributed by atoms with Gasteiger partial charge in [0.1, 0.15) is 5.82 Å². The first kappa shape index (κ1) is 14.6. The second-order valence-electron chi connectivity index (χ2n) is 4.06. The Morgan fingerprint density at radius 1 is 1.16 bits per heavy atom. The molecular weight excluding hydrogens is 325 g/mol. The first-order chi connectivity index (χ1) is 9.20. The zero-order valence-electron chi connectivity index (χ0n) is 10.6. The maximum absolute atomic E-state index is 13.7. The highest BCUT2D eigenvalue weighted by Crippen LogP contribution is 2.33. The number of halogens is 2. The number of nitrogens with one attached hydrogen (secondary N) is 1. The molecule has 2 rings (SSSR count). The summed E-state index contributed by atoms with van der Waals surface area (Å²) in [5.41, 5.74) is 1.18. The molecule has 4 heteroatoms. The van der Waals surface area contributed by atoms with E-state index in [0.29, 0.717) is 4.90 Å². The van der Waals surface area contributed by atoms with Crippen LogP contribution in [0.5, 0.6) is 0 Å². The highest BCUT2D eigenvalue weighted by Gasteiger charge is 2.08. The fourth-order valence-corrected chi connectivity index (χ4v) is 3.19. The molecule has 0 heterocycles. The molecule has 19 heavy (non-hydrogen) atoms. The third-order valence-corrected chi connectivity index (χ3v) is 4.30. The molecule has 2 aromatic carbocycles. The molecule has 1 nitrogen and oxygen atoms in total. The minimum absolute atomic E-state index is 0.179. The molecule has 0 aliphatic carbocycles. The lowest BCUT2D eigenvalue weighted by Crippen LogP contribution is -2.12. The molecule has 0 spiro atoms. The largest absolute Gasteiger partial charge is 0.313 e. The molecule has 100 valence electrons. The third-order valence-electron chi connectivity index (χ3n) is 2.65. The summed E-state index contributed by atoms with van der Waals surface area (Å²) in [6.07, 6.45) is 0. The Balaban J connectivity index is 2.27. The van der Waals surface area contributed by atoms with Crippen molar-refractivity contribution in [2.75, 3.05) is 6.54 Å². The van der Waals surface area contributed by atoms with Gasteiger partial charge in [0.25, 0.3) is 0 Å². The van der Waals surface area contributed by atoms with Gasteiger partial charge >= 0.3 is 0 Å². The van der Waals surface area contributed by atoms with E-state index in [2.05, 4.69) is 34.2 Å². The van der Waals surface area contributed by atoms with E-state index in [-0.39, 0.29) is 5.82 Å². The predicted octanol–water partition coefficient (Wildman–Crippen LogP) is 4.85. The van der Waals surface area contributed by atoms with E-state index in [0.717, 1.165) is 22.5 Å². The van der Waals surface area contributed by atoms with Gasteiger partial charge in [0.15, 0.2) is 0 Å². The van der Waals surface area contributed by atoms with E-state index >= 15 is 0 Å². The first-order valence-corrected chi connectivity index (χ1v) is 7.73. The summed E-state index contributed by atoms with van der Waals surface area (Å²) in [5.74, 6) is -0.179. The normalized spacial score (nSPS) is 10.7. The van der Waals surface area contributed by atoms with Crippen molar-refractivity contribution >= 4 is 27.7 Å². The van der Waals surface area contributed by atoms with Crippen molar-refractivity contribution in [2.24, 2.45) is 0 Å². The quantitative estimate of drug-likeness (QED) is 0.835. The topological polar surface area (TPSA) is 12.0 Å². The molecule has 0 amide bonds. The van der Waals surface area contributed by atoms with Crippen LogP contribution in [0.2, 0.25) is 0 Å². The summed E-state index contributed by atoms with van der Waals surface area (Å²) in [6.45, 7) is 3.78. The van der Waals surface area contributed by atoms with E-state index in [1.54, 1.807) is 12.1 Å². The van der Waals surface area contributed by atoms with Gasteiger partial charge in [-0.3, -0.25) is 0 Å². The van der Waals surface area contributed by atoms with Crippen molar-refractivity contribution in [2.45, 2.75) is 23.3 Å². The van der Waals surface area contributed by atoms with Crippen LogP contribution in [0.25, 0.3) is 0 Å². The van der Waals surface area contributed by atoms with Crippen LogP contribution in [0.4, 0.5) is 4.39 Å². The summed E-state index contributed by atoms with van der Waals surface area (Å²) in [7, 11) is 0. The van der Waals surface area contributed by atoms with Crippen LogP contribution in [-0.4, -0.2) is 6.54 Å². The third kappa shape index (κ3) is 4.06. The van der Waals surface area contributed by atoms with E-state index in [4.69, 9.17) is 0 Å². The van der Waals surface area contributed by atoms with Gasteiger partial charge in [0.2, 0.25) is 0 Å². The molecule has 1 N–H and O–H groups in total. The first-order valence-electron chi connectivity index (χ1n) is 6.12. The van der Waals surface area contributed by atoms with Gasteiger partial charge in [-0.1, -0.05) is 52.8 Å². The zero-order chi connectivity index (χ0) is 13.7. The Hall–Kier alpha value is -0.840. The van der Waals surface area contributed by atoms with E-state index in [9.17, 15) is 4.39 Å². The lowest BCUT2D eigenvalue weighted by molar-refractivity contribution is 0.602. The second kappa shape index (κ2) is 7.08. The fraction of sp³-hybridized carbons (Fsp3) is 0.200. The molecule has 0 aromatic heterocycles. The highest BCUT2D eigenvalue weighted by atomic mass is 79.9. The lowest BCUT2D eigenvalue weighted by Gasteiger charge is -2.10. The smallest absolute Gasteiger partial charge is 0.137 e. The van der Waals surface area contributed by atoms with Gasteiger partial charge in [0, 0.05) is 20.8 Å². The molecule has 0 aliphatic heterocycles. The lowest BCUT2D eigenvalue weighted by atomic mass is 10.2. The van der Waals surface area contributed by atoms with Crippen LogP contribution < -0.4 is 5.32 Å². The van der Waals surface area contributed by atoms with Crippen LogP contribution in [-0.2, 0) is 6.54 Å². The molecule has 2 aromatic rings. The summed E-state index contributed by atoms with van der Waals surface area (Å²) in [6, 6.07) is 13.0. The van der Waals surface area contributed by atoms with Gasteiger partial charge in [0.05, 0.1) is 0 Å². The molecule has 0 fully saturated rings. The molecule has 0 bridgehead atoms. The zero-order valence-corrected chi connectivity index (χ0v) is 13.0. The van der Waals surface area contributed by atoms with Crippen LogP contribution >= 0.6 is 27.7 Å². The van der Waals surface area contributed by atoms with Gasteiger partial charge < -0.3 is 5.32 Å². The van der Waals surface area contributed by atoms with Crippen molar-refractivity contribution in [3.63, 3.8) is 0 Å². The van der Waals surface area contributed by atoms with Gasteiger partial charge in [-0.2, -0.15) is 0 Å². The van der Waals surface area contributed by atoms with E-state index in [1.807, 2.05) is 18.2 Å². The van der Waals surface area contributed by atoms with Gasteiger partial charge in [-0.15, -0.1) is 0 Å². The summed E-state index contributed by atoms with van der Waals surface area (Å²) < 4.78 is 14.7. The Morgan fingerprint density at radius 2 is 1.95 bits per heavy atom. The average molecular weight is 340 g/mol. The predicted molar refractivity (Wildman–Crippen MR) is 82.0 cm³/mol. The minimum Gasteiger partial charge on any atom is -0.313 e. The fourth-order valence-electron chi connectivity index (χ4n) is 1.68. The van der Waals surface area contributed by atoms with Crippen molar-refractivity contribution in [1.82, 2.24) is 5.32 Å². The highest BCUT2D eigenvalue weighted by molar-refractivity contribution is 9.10. The number of hydrogen-bond acceptors (Lipinski definition) is 2. The minimum atomic E-state index is -0.179. The van der Waals surface area contributed by atoms with Crippen LogP contribution in [0.3, 0.4) is 0 Å². The Bertz CT molecular complexity index is 560. The Kier molecular flexibility index (Phi) is 5.43. The molecule has 0 saturated carbocycles. The van der Waals surface area contributed by atoms with E-state index in [1.165, 1.54) is 23.4 Å². The van der Waals surface area contributed by atoms with Gasteiger partial charge in [-0.05, 0) is 36.4 Å². The summed E-state index contributed by atoms with van der Waals surface area (Å²) in [5, 5.41) is 3.30.